The van der Waals surface area contributed by atoms with E-state index in [4.69, 9.17) is 0 Å². The molecule has 2 heteroatoms. The molecule has 0 rings (SSSR count). The van der Waals surface area contributed by atoms with Gasteiger partial charge in [-0.15, -0.1) is 39.5 Å². The van der Waals surface area contributed by atoms with Crippen LogP contribution in [0.5, 0.6) is 0 Å². The van der Waals surface area contributed by atoms with Crippen molar-refractivity contribution in [1.29, 1.82) is 0 Å². The maximum Gasteiger partial charge on any atom is 0.129 e. The van der Waals surface area contributed by atoms with Gasteiger partial charge in [-0.1, -0.05) is 34.2 Å². The Kier molecular flexibility index (Phi) is 4.53. The zero-order valence-corrected chi connectivity index (χ0v) is 10.7. The average molecular weight is 218 g/mol. The van der Waals surface area contributed by atoms with E-state index < -0.39 is 15.2 Å². The van der Waals surface area contributed by atoms with Crippen molar-refractivity contribution in [3.8, 4) is 0 Å². The maximum atomic E-state index is 3.90. The van der Waals surface area contributed by atoms with Crippen molar-refractivity contribution in [3.63, 3.8) is 0 Å². The molecule has 0 heterocycles. The Balaban J connectivity index is 5.77. The summed E-state index contributed by atoms with van der Waals surface area (Å²) >= 11 is 0. The summed E-state index contributed by atoms with van der Waals surface area (Å²) in [6.07, 6.45) is 0. The standard InChI is InChI=1S/C12H18Si2/c1-7-13(8-2,9-3)14(10-4,11-5)12-6/h7-12H,1-6H2. The zero-order chi connectivity index (χ0) is 11.2. The molecule has 0 aliphatic heterocycles. The summed E-state index contributed by atoms with van der Waals surface area (Å²) in [4.78, 5) is 0. The Bertz CT molecular complexity index is 213. The molecule has 74 valence electrons. The van der Waals surface area contributed by atoms with E-state index in [0.717, 1.165) is 0 Å². The topological polar surface area (TPSA) is 0 Å². The quantitative estimate of drug-likeness (QED) is 0.575. The summed E-state index contributed by atoms with van der Waals surface area (Å²) in [6.45, 7) is 23.4. The van der Waals surface area contributed by atoms with E-state index >= 15 is 0 Å². The van der Waals surface area contributed by atoms with Crippen molar-refractivity contribution in [1.82, 2.24) is 0 Å². The summed E-state index contributed by atoms with van der Waals surface area (Å²) < 4.78 is 0. The summed E-state index contributed by atoms with van der Waals surface area (Å²) in [6, 6.07) is 0. The lowest BCUT2D eigenvalue weighted by Crippen LogP contribution is -2.56. The molecule has 0 aliphatic carbocycles. The molecule has 0 N–H and O–H groups in total. The van der Waals surface area contributed by atoms with Gasteiger partial charge in [0.15, 0.2) is 0 Å². The molecule has 0 amide bonds. The van der Waals surface area contributed by atoms with Gasteiger partial charge in [0.2, 0.25) is 0 Å². The van der Waals surface area contributed by atoms with Crippen LogP contribution >= 0.6 is 0 Å². The van der Waals surface area contributed by atoms with Gasteiger partial charge in [0.1, 0.15) is 15.2 Å². The second-order valence-corrected chi connectivity index (χ2v) is 14.5. The van der Waals surface area contributed by atoms with Crippen LogP contribution in [0.15, 0.2) is 73.7 Å². The van der Waals surface area contributed by atoms with Crippen LogP contribution in [0.25, 0.3) is 0 Å². The third-order valence-electron chi connectivity index (χ3n) is 2.78. The monoisotopic (exact) mass is 218 g/mol. The Morgan fingerprint density at radius 2 is 0.571 bits per heavy atom. The predicted molar refractivity (Wildman–Crippen MR) is 72.7 cm³/mol. The SMILES string of the molecule is C=C[Si](C=C)(C=C)[Si](C=C)(C=C)C=C. The molecule has 0 nitrogen and oxygen atoms in total. The fourth-order valence-corrected chi connectivity index (χ4v) is 11.0. The van der Waals surface area contributed by atoms with Gasteiger partial charge in [0.25, 0.3) is 0 Å². The minimum absolute atomic E-state index is 1.92. The molecule has 0 aromatic rings. The lowest BCUT2D eigenvalue weighted by Gasteiger charge is -2.35. The van der Waals surface area contributed by atoms with Gasteiger partial charge in [-0.05, 0) is 0 Å². The van der Waals surface area contributed by atoms with Crippen LogP contribution in [-0.4, -0.2) is 15.2 Å². The first kappa shape index (κ1) is 12.9. The Labute approximate surface area is 89.2 Å². The average Bonchev–Trinajstić information content (AvgIpc) is 2.27. The van der Waals surface area contributed by atoms with Crippen molar-refractivity contribution in [2.45, 2.75) is 0 Å². The van der Waals surface area contributed by atoms with Gasteiger partial charge in [0.05, 0.1) is 0 Å². The highest BCUT2D eigenvalue weighted by molar-refractivity contribution is 7.53. The first-order valence-corrected chi connectivity index (χ1v) is 9.90. The minimum atomic E-state index is -1.92. The fourth-order valence-electron chi connectivity index (χ4n) is 1.56. The molecule has 0 unspecified atom stereocenters. The highest BCUT2D eigenvalue weighted by Crippen LogP contribution is 2.25. The van der Waals surface area contributed by atoms with Crippen LogP contribution in [0, 0.1) is 0 Å². The summed E-state index contributed by atoms with van der Waals surface area (Å²) in [5, 5.41) is 0. The lowest BCUT2D eigenvalue weighted by atomic mass is 11.2. The number of hydrogen-bond donors (Lipinski definition) is 0. The lowest BCUT2D eigenvalue weighted by molar-refractivity contribution is 2.06. The van der Waals surface area contributed by atoms with Gasteiger partial charge >= 0.3 is 0 Å². The van der Waals surface area contributed by atoms with Crippen molar-refractivity contribution in [2.24, 2.45) is 0 Å². The summed E-state index contributed by atoms with van der Waals surface area (Å²) in [5.41, 5.74) is 11.9. The molecule has 0 bridgehead atoms. The molecule has 0 saturated carbocycles. The second kappa shape index (κ2) is 4.93. The second-order valence-electron chi connectivity index (χ2n) is 3.09. The van der Waals surface area contributed by atoms with Crippen LogP contribution in [-0.2, 0) is 0 Å². The molecular weight excluding hydrogens is 200 g/mol. The number of rotatable bonds is 7. The van der Waals surface area contributed by atoms with Crippen molar-refractivity contribution in [3.05, 3.63) is 73.7 Å². The molecule has 0 atom stereocenters. The van der Waals surface area contributed by atoms with Gasteiger partial charge in [-0.2, -0.15) is 0 Å². The minimum Gasteiger partial charge on any atom is -0.106 e. The third kappa shape index (κ3) is 1.58. The Morgan fingerprint density at radius 3 is 0.643 bits per heavy atom. The molecule has 0 radical (unpaired) electrons. The highest BCUT2D eigenvalue weighted by Gasteiger charge is 2.43. The molecule has 14 heavy (non-hydrogen) atoms. The largest absolute Gasteiger partial charge is 0.129 e. The molecule has 0 aliphatic rings. The zero-order valence-electron chi connectivity index (χ0n) is 8.71. The van der Waals surface area contributed by atoms with E-state index in [9.17, 15) is 0 Å². The van der Waals surface area contributed by atoms with Gasteiger partial charge in [-0.3, -0.25) is 0 Å². The van der Waals surface area contributed by atoms with Gasteiger partial charge in [-0.25, -0.2) is 0 Å². The normalized spacial score (nSPS) is 11.1. The maximum absolute atomic E-state index is 3.90. The van der Waals surface area contributed by atoms with Gasteiger partial charge < -0.3 is 0 Å². The molecule has 0 aromatic carbocycles. The van der Waals surface area contributed by atoms with Crippen LogP contribution < -0.4 is 0 Å². The first-order valence-electron chi connectivity index (χ1n) is 4.43. The summed E-state index contributed by atoms with van der Waals surface area (Å²) in [5.74, 6) is 0. The molecular formula is C12H18Si2. The van der Waals surface area contributed by atoms with E-state index in [1.165, 1.54) is 0 Å². The first-order chi connectivity index (χ1) is 6.61. The van der Waals surface area contributed by atoms with E-state index in [1.807, 2.05) is 34.2 Å². The fraction of sp³-hybridized carbons (Fsp3) is 0. The van der Waals surface area contributed by atoms with E-state index in [1.54, 1.807) is 0 Å². The van der Waals surface area contributed by atoms with Crippen molar-refractivity contribution in [2.75, 3.05) is 0 Å². The van der Waals surface area contributed by atoms with Crippen LogP contribution in [0.2, 0.25) is 0 Å². The van der Waals surface area contributed by atoms with Crippen LogP contribution in [0.4, 0.5) is 0 Å². The van der Waals surface area contributed by atoms with E-state index in [-0.39, 0.29) is 0 Å². The molecule has 0 aromatic heterocycles. The van der Waals surface area contributed by atoms with Crippen molar-refractivity contribution >= 4 is 15.2 Å². The van der Waals surface area contributed by atoms with E-state index in [0.29, 0.717) is 0 Å². The van der Waals surface area contributed by atoms with Gasteiger partial charge in [0, 0.05) is 0 Å². The number of hydrogen-bond acceptors (Lipinski definition) is 0. The smallest absolute Gasteiger partial charge is 0.106 e. The van der Waals surface area contributed by atoms with Crippen LogP contribution in [0.3, 0.4) is 0 Å². The Hall–Kier alpha value is -1.13. The van der Waals surface area contributed by atoms with Crippen molar-refractivity contribution < 1.29 is 0 Å². The summed E-state index contributed by atoms with van der Waals surface area (Å²) in [7, 11) is -3.84. The van der Waals surface area contributed by atoms with Crippen LogP contribution in [0.1, 0.15) is 0 Å². The predicted octanol–water partition coefficient (Wildman–Crippen LogP) is 3.31. The highest BCUT2D eigenvalue weighted by atomic mass is 29.3. The molecule has 0 fully saturated rings. The van der Waals surface area contributed by atoms with E-state index in [2.05, 4.69) is 39.5 Å². The molecule has 0 saturated heterocycles. The molecule has 0 spiro atoms. The Morgan fingerprint density at radius 1 is 0.429 bits per heavy atom. The third-order valence-corrected chi connectivity index (χ3v) is 16.5.